The van der Waals surface area contributed by atoms with Gasteiger partial charge >= 0.3 is 0 Å². The van der Waals surface area contributed by atoms with Gasteiger partial charge in [0.25, 0.3) is 0 Å². The molecule has 0 aliphatic carbocycles. The van der Waals surface area contributed by atoms with Gasteiger partial charge in [0, 0.05) is 63.8 Å². The third-order valence-corrected chi connectivity index (χ3v) is 17.0. The van der Waals surface area contributed by atoms with Crippen LogP contribution >= 0.6 is 27.3 Å². The van der Waals surface area contributed by atoms with Gasteiger partial charge in [0.05, 0.1) is 13.2 Å². The number of pyridine rings is 2. The van der Waals surface area contributed by atoms with Gasteiger partial charge in [-0.2, -0.15) is 0 Å². The van der Waals surface area contributed by atoms with E-state index in [1.54, 1.807) is 6.20 Å². The summed E-state index contributed by atoms with van der Waals surface area (Å²) in [7, 11) is 0. The Kier molecular flexibility index (Phi) is 22.7. The van der Waals surface area contributed by atoms with Crippen molar-refractivity contribution in [2.24, 2.45) is 0 Å². The number of hydrogen-bond donors (Lipinski definition) is 0. The molecule has 7 aromatic carbocycles. The third-order valence-electron chi connectivity index (χ3n) is 15.4. The monoisotopic (exact) mass is 1360 g/mol. The number of nitrogens with zero attached hydrogens (tertiary/aromatic N) is 2. The second-order valence-corrected chi connectivity index (χ2v) is 25.8. The topological polar surface area (TPSA) is 44.2 Å². The normalized spacial score (nSPS) is 11.5. The number of benzene rings is 7. The van der Waals surface area contributed by atoms with Gasteiger partial charge in [-0.1, -0.05) is 218 Å². The van der Waals surface area contributed by atoms with Crippen molar-refractivity contribution >= 4 is 47.4 Å². The van der Waals surface area contributed by atoms with Crippen LogP contribution in [0.15, 0.2) is 181 Å². The molecule has 3 aromatic heterocycles. The standard InChI is InChI=1S/C65H74NO2S.C11H7BrN.Ir/c1-9-11-13-15-17-21-36-67-60-42-57-58-43-61(68-37-22-18-16-14-12-10-2)56(45-63(58)69-62(57)44-55(60)48-24-23-25-49(38-48)59-26-19-20-35-66-59)52-40-50(46-27-31-53(32-28-46)64(3,4)5)39-51(41-52)47-29-33-54(34-30-47)65(6,7)8;12-10-5-3-4-9(8-10)11-6-1-2-7-13-11;/h19-20,23-24,26-35,38-45H,9-18,21-22,36-37H2,1-8H3;1-3,5-8H;/q2*-1;. The summed E-state index contributed by atoms with van der Waals surface area (Å²) in [4.78, 5) is 8.90. The number of ether oxygens (including phenoxy) is 2. The van der Waals surface area contributed by atoms with Crippen LogP contribution < -0.4 is 9.47 Å². The van der Waals surface area contributed by atoms with Gasteiger partial charge in [0.15, 0.2) is 0 Å². The van der Waals surface area contributed by atoms with E-state index in [1.807, 2.05) is 72.1 Å². The van der Waals surface area contributed by atoms with E-state index in [1.165, 1.54) is 118 Å². The van der Waals surface area contributed by atoms with Crippen LogP contribution in [0.3, 0.4) is 0 Å². The fourth-order valence-electron chi connectivity index (χ4n) is 10.5. The summed E-state index contributed by atoms with van der Waals surface area (Å²) in [6.45, 7) is 19.6. The van der Waals surface area contributed by atoms with E-state index in [9.17, 15) is 0 Å². The molecular formula is C76H81BrIrN2O2S-2. The molecule has 0 saturated carbocycles. The number of halogens is 1. The minimum atomic E-state index is 0. The van der Waals surface area contributed by atoms with E-state index in [0.717, 1.165) is 73.6 Å². The Morgan fingerprint density at radius 2 is 0.867 bits per heavy atom. The molecule has 0 spiro atoms. The van der Waals surface area contributed by atoms with Crippen LogP contribution in [-0.2, 0) is 30.9 Å². The molecule has 4 nitrogen and oxygen atoms in total. The van der Waals surface area contributed by atoms with Crippen molar-refractivity contribution in [2.45, 2.75) is 143 Å². The quantitative estimate of drug-likeness (QED) is 0.0501. The minimum absolute atomic E-state index is 0. The summed E-state index contributed by atoms with van der Waals surface area (Å²) in [6, 6.07) is 65.6. The van der Waals surface area contributed by atoms with Crippen molar-refractivity contribution in [1.82, 2.24) is 9.97 Å². The minimum Gasteiger partial charge on any atom is -0.493 e. The van der Waals surface area contributed by atoms with Gasteiger partial charge in [-0.25, -0.2) is 0 Å². The number of rotatable bonds is 22. The summed E-state index contributed by atoms with van der Waals surface area (Å²) in [6.07, 6.45) is 18.2. The molecule has 7 heteroatoms. The number of thiophene rings is 1. The predicted octanol–water partition coefficient (Wildman–Crippen LogP) is 23.0. The molecule has 0 bridgehead atoms. The fourth-order valence-corrected chi connectivity index (χ4v) is 12.0. The molecule has 3 heterocycles. The summed E-state index contributed by atoms with van der Waals surface area (Å²) in [5, 5.41) is 2.41. The van der Waals surface area contributed by atoms with E-state index in [4.69, 9.17) is 9.47 Å². The zero-order valence-electron chi connectivity index (χ0n) is 50.0. The molecule has 1 radical (unpaired) electrons. The Bertz CT molecular complexity index is 3560. The predicted molar refractivity (Wildman–Crippen MR) is 354 cm³/mol. The molecular weight excluding hydrogens is 1280 g/mol. The first-order valence-electron chi connectivity index (χ1n) is 29.9. The van der Waals surface area contributed by atoms with Crippen molar-refractivity contribution in [2.75, 3.05) is 13.2 Å². The van der Waals surface area contributed by atoms with E-state index in [0.29, 0.717) is 13.2 Å². The first kappa shape index (κ1) is 62.8. The van der Waals surface area contributed by atoms with Gasteiger partial charge in [-0.05, 0) is 129 Å². The molecule has 0 unspecified atom stereocenters. The molecule has 0 saturated heterocycles. The molecule has 431 valence electrons. The summed E-state index contributed by atoms with van der Waals surface area (Å²) in [5.74, 6) is 1.85. The van der Waals surface area contributed by atoms with Gasteiger partial charge in [0.1, 0.15) is 11.5 Å². The maximum atomic E-state index is 6.98. The van der Waals surface area contributed by atoms with Crippen LogP contribution in [0.5, 0.6) is 11.5 Å². The second-order valence-electron chi connectivity index (χ2n) is 23.8. The first-order valence-corrected chi connectivity index (χ1v) is 31.6. The maximum Gasteiger partial charge on any atom is 0.127 e. The smallest absolute Gasteiger partial charge is 0.127 e. The van der Waals surface area contributed by atoms with E-state index >= 15 is 0 Å². The summed E-state index contributed by atoms with van der Waals surface area (Å²) in [5.41, 5.74) is 16.0. The van der Waals surface area contributed by atoms with Gasteiger partial charge in [0.2, 0.25) is 0 Å². The zero-order chi connectivity index (χ0) is 57.5. The van der Waals surface area contributed by atoms with Crippen LogP contribution in [0, 0.1) is 12.1 Å². The van der Waals surface area contributed by atoms with Crippen LogP contribution in [0.4, 0.5) is 0 Å². The largest absolute Gasteiger partial charge is 0.493 e. The average Bonchev–Trinajstić information content (AvgIpc) is 3.20. The van der Waals surface area contributed by atoms with Crippen LogP contribution in [0.1, 0.15) is 144 Å². The van der Waals surface area contributed by atoms with Crippen LogP contribution in [0.2, 0.25) is 0 Å². The molecule has 0 N–H and O–H groups in total. The van der Waals surface area contributed by atoms with Gasteiger partial charge in [-0.15, -0.1) is 71.0 Å². The zero-order valence-corrected chi connectivity index (χ0v) is 54.8. The van der Waals surface area contributed by atoms with Gasteiger partial charge < -0.3 is 19.4 Å². The Morgan fingerprint density at radius 1 is 0.434 bits per heavy atom. The van der Waals surface area contributed by atoms with E-state index < -0.39 is 0 Å². The van der Waals surface area contributed by atoms with Crippen LogP contribution in [-0.4, -0.2) is 23.2 Å². The molecule has 0 fully saturated rings. The second kappa shape index (κ2) is 30.0. The van der Waals surface area contributed by atoms with Gasteiger partial charge in [-0.3, -0.25) is 0 Å². The maximum absolute atomic E-state index is 6.98. The Hall–Kier alpha value is -6.21. The molecule has 83 heavy (non-hydrogen) atoms. The Morgan fingerprint density at radius 3 is 1.31 bits per heavy atom. The number of aromatic nitrogens is 2. The van der Waals surface area contributed by atoms with Crippen molar-refractivity contribution in [3.05, 3.63) is 204 Å². The van der Waals surface area contributed by atoms with Crippen LogP contribution in [0.25, 0.3) is 87.2 Å². The molecule has 0 atom stereocenters. The molecule has 0 aliphatic heterocycles. The molecule has 10 rings (SSSR count). The molecule has 0 amide bonds. The summed E-state index contributed by atoms with van der Waals surface area (Å²) >= 11 is 5.27. The van der Waals surface area contributed by atoms with E-state index in [-0.39, 0.29) is 30.9 Å². The first-order chi connectivity index (χ1) is 39.7. The number of fused-ring (bicyclic) bond motifs is 3. The molecule has 0 aliphatic rings. The Labute approximate surface area is 522 Å². The fraction of sp³-hybridized carbons (Fsp3) is 0.316. The number of hydrogen-bond acceptors (Lipinski definition) is 5. The number of unbranched alkanes of at least 4 members (excludes halogenated alkanes) is 10. The van der Waals surface area contributed by atoms with Crippen molar-refractivity contribution in [1.29, 1.82) is 0 Å². The van der Waals surface area contributed by atoms with Crippen molar-refractivity contribution in [3.63, 3.8) is 0 Å². The SMILES string of the molecule is Brc1cc[c-]c(-c2ccccn2)c1.CCCCCCCCOc1cc2c(cc1-c1cc[c-]c(-c3ccccn3)c1)sc1cc(-c3cc(-c4ccc(C(C)(C)C)cc4)cc(-c4ccc(C(C)(C)C)cc4)c3)c(OCCCCCCCC)cc12.[Ir]. The molecule has 10 aromatic rings. The van der Waals surface area contributed by atoms with Crippen molar-refractivity contribution < 1.29 is 29.6 Å². The Balaban J connectivity index is 0.000000563. The third kappa shape index (κ3) is 17.0. The average molecular weight is 1360 g/mol. The van der Waals surface area contributed by atoms with E-state index in [2.05, 4.69) is 203 Å². The summed E-state index contributed by atoms with van der Waals surface area (Å²) < 4.78 is 17.3. The van der Waals surface area contributed by atoms with Crippen molar-refractivity contribution in [3.8, 4) is 78.5 Å².